The van der Waals surface area contributed by atoms with Crippen LogP contribution in [0.4, 0.5) is 0 Å². The van der Waals surface area contributed by atoms with Gasteiger partial charge in [0, 0.05) is 27.2 Å². The number of allylic oxidation sites excluding steroid dienone is 1. The van der Waals surface area contributed by atoms with E-state index in [0.29, 0.717) is 0 Å². The summed E-state index contributed by atoms with van der Waals surface area (Å²) in [5.74, 6) is 0.743. The van der Waals surface area contributed by atoms with Gasteiger partial charge in [-0.1, -0.05) is 173 Å². The number of rotatable bonds is 7. The van der Waals surface area contributed by atoms with E-state index in [-0.39, 0.29) is 7.43 Å². The Morgan fingerprint density at radius 1 is 0.417 bits per heavy atom. The number of aromatic nitrogens is 1. The van der Waals surface area contributed by atoms with E-state index in [1.54, 1.807) is 6.08 Å². The van der Waals surface area contributed by atoms with Crippen LogP contribution in [-0.4, -0.2) is 4.57 Å². The molecule has 0 spiro atoms. The Balaban J connectivity index is 0.000000903. The first-order valence-electron chi connectivity index (χ1n) is 25.3. The summed E-state index contributed by atoms with van der Waals surface area (Å²) in [5.41, 5.74) is 24.5. The summed E-state index contributed by atoms with van der Waals surface area (Å²) in [7, 11) is 0. The van der Waals surface area contributed by atoms with Crippen molar-refractivity contribution < 1.29 is 4.42 Å². The predicted molar refractivity (Wildman–Crippen MR) is 309 cm³/mol. The van der Waals surface area contributed by atoms with Gasteiger partial charge in [0.25, 0.3) is 0 Å². The largest absolute Gasteiger partial charge is 0.456 e. The van der Waals surface area contributed by atoms with Gasteiger partial charge in [0.05, 0.1) is 11.0 Å². The number of hydrogen-bond donors (Lipinski definition) is 0. The third-order valence-corrected chi connectivity index (χ3v) is 14.4. The Kier molecular flexibility index (Phi) is 12.4. The van der Waals surface area contributed by atoms with Gasteiger partial charge >= 0.3 is 0 Å². The summed E-state index contributed by atoms with van der Waals surface area (Å²) in [6.45, 7) is 9.25. The maximum absolute atomic E-state index is 6.50. The van der Waals surface area contributed by atoms with Crippen LogP contribution in [0.2, 0.25) is 0 Å². The lowest BCUT2D eigenvalue weighted by Gasteiger charge is -2.11. The fourth-order valence-electron chi connectivity index (χ4n) is 10.8. The first-order valence-corrected chi connectivity index (χ1v) is 25.3. The maximum Gasteiger partial charge on any atom is 0.135 e. The van der Waals surface area contributed by atoms with Crippen LogP contribution in [0.5, 0.6) is 0 Å². The van der Waals surface area contributed by atoms with E-state index >= 15 is 0 Å². The van der Waals surface area contributed by atoms with Crippen molar-refractivity contribution in [3.63, 3.8) is 0 Å². The Hall–Kier alpha value is -8.46. The van der Waals surface area contributed by atoms with Crippen molar-refractivity contribution in [2.24, 2.45) is 0 Å². The molecule has 0 unspecified atom stereocenters. The monoisotopic (exact) mass is 929 g/mol. The molecular formula is C70H59NO. The van der Waals surface area contributed by atoms with Gasteiger partial charge in [0.1, 0.15) is 11.2 Å². The summed E-state index contributed by atoms with van der Waals surface area (Å²) < 4.78 is 8.90. The Labute approximate surface area is 424 Å². The Morgan fingerprint density at radius 2 is 0.875 bits per heavy atom. The molecule has 2 aromatic heterocycles. The summed E-state index contributed by atoms with van der Waals surface area (Å²) in [5, 5.41) is 4.73. The fourth-order valence-corrected chi connectivity index (χ4v) is 10.8. The van der Waals surface area contributed by atoms with Gasteiger partial charge in [-0.3, -0.25) is 0 Å². The molecule has 2 heteroatoms. The quantitative estimate of drug-likeness (QED) is 0.146. The van der Waals surface area contributed by atoms with Crippen molar-refractivity contribution in [2.75, 3.05) is 0 Å². The van der Waals surface area contributed by atoms with E-state index in [0.717, 1.165) is 40.0 Å². The van der Waals surface area contributed by atoms with Gasteiger partial charge in [0.15, 0.2) is 0 Å². The topological polar surface area (TPSA) is 18.1 Å². The lowest BCUT2D eigenvalue weighted by atomic mass is 9.93. The molecule has 2 heterocycles. The molecule has 0 saturated heterocycles. The van der Waals surface area contributed by atoms with Crippen LogP contribution in [0.15, 0.2) is 235 Å². The van der Waals surface area contributed by atoms with E-state index in [1.807, 2.05) is 20.8 Å². The van der Waals surface area contributed by atoms with E-state index in [1.165, 1.54) is 118 Å². The van der Waals surface area contributed by atoms with Crippen LogP contribution < -0.4 is 0 Å². The van der Waals surface area contributed by atoms with Crippen LogP contribution in [0.1, 0.15) is 63.6 Å². The molecule has 0 bridgehead atoms. The summed E-state index contributed by atoms with van der Waals surface area (Å²) in [6.07, 6.45) is 5.33. The minimum atomic E-state index is 0. The van der Waals surface area contributed by atoms with Gasteiger partial charge in [-0.15, -0.1) is 6.58 Å². The molecule has 0 N–H and O–H groups in total. The van der Waals surface area contributed by atoms with Crippen molar-refractivity contribution >= 4 is 43.7 Å². The first-order chi connectivity index (χ1) is 35.1. The minimum absolute atomic E-state index is 0. The molecule has 350 valence electrons. The van der Waals surface area contributed by atoms with E-state index < -0.39 is 0 Å². The van der Waals surface area contributed by atoms with Crippen LogP contribution in [0.3, 0.4) is 0 Å². The molecule has 0 atom stereocenters. The van der Waals surface area contributed by atoms with Gasteiger partial charge in [0.2, 0.25) is 0 Å². The van der Waals surface area contributed by atoms with Gasteiger partial charge in [-0.25, -0.2) is 0 Å². The highest BCUT2D eigenvalue weighted by Crippen LogP contribution is 2.44. The van der Waals surface area contributed by atoms with Gasteiger partial charge in [-0.2, -0.15) is 0 Å². The van der Waals surface area contributed by atoms with Crippen LogP contribution >= 0.6 is 0 Å². The molecule has 0 amide bonds. The van der Waals surface area contributed by atoms with Crippen molar-refractivity contribution in [2.45, 2.75) is 53.4 Å². The molecule has 14 rings (SSSR count). The zero-order valence-corrected chi connectivity index (χ0v) is 40.6. The maximum atomic E-state index is 6.50. The van der Waals surface area contributed by atoms with Gasteiger partial charge < -0.3 is 8.98 Å². The molecule has 2 aliphatic carbocycles. The molecule has 72 heavy (non-hydrogen) atoms. The van der Waals surface area contributed by atoms with E-state index in [4.69, 9.17) is 4.42 Å². The molecule has 0 radical (unpaired) electrons. The Morgan fingerprint density at radius 3 is 1.51 bits per heavy atom. The molecule has 0 aliphatic heterocycles. The molecular weight excluding hydrogens is 871 g/mol. The number of para-hydroxylation sites is 1. The van der Waals surface area contributed by atoms with Crippen molar-refractivity contribution in [3.05, 3.63) is 248 Å². The molecule has 2 aliphatic rings. The second-order valence-corrected chi connectivity index (χ2v) is 18.8. The second kappa shape index (κ2) is 19.4. The smallest absolute Gasteiger partial charge is 0.135 e. The lowest BCUT2D eigenvalue weighted by Crippen LogP contribution is -1.93. The summed E-state index contributed by atoms with van der Waals surface area (Å²) >= 11 is 0. The standard InChI is InChI=1S/C64H43NO.C3H6.C2H6.CH4/c1-2-9-40(10-3-1)48-25-28-62-58(37-48)55-17-4-5-18-61(55)65(62)54-27-30-64-60(39-54)59-38-51(26-29-63(59)66-64)50-22-24-53-34-52-23-21-49(35-56(52)57(53)36-50)47-16-8-15-46(33-47)45-14-7-13-44(32-45)43-12-6-11-42(31-43)41-19-20-41;1-3-2;1-2;/h1-18,21-33,35-39,41H,19-20,34H2;3H,1H2,2H3;1-2H3;1H4. The predicted octanol–water partition coefficient (Wildman–Crippen LogP) is 20.3. The molecule has 1 saturated carbocycles. The number of furan rings is 1. The normalized spacial score (nSPS) is 12.4. The van der Waals surface area contributed by atoms with Crippen molar-refractivity contribution in [1.82, 2.24) is 4.57 Å². The summed E-state index contributed by atoms with van der Waals surface area (Å²) in [6, 6.07) is 80.9. The third-order valence-electron chi connectivity index (χ3n) is 14.4. The SMILES string of the molecule is C.C=CC.CC.c1ccc(-c2ccc3c(c2)c2ccccc2n3-c2ccc3oc4ccc(-c5ccc6c(c5)-c5cc(-c7cccc(-c8cccc(-c9cccc(C%10CC%10)c9)c8)c7)ccc5C6)cc4c3c2)cc1. The van der Waals surface area contributed by atoms with E-state index in [2.05, 4.69) is 230 Å². The number of benzene rings is 10. The van der Waals surface area contributed by atoms with Crippen LogP contribution in [0.25, 0.3) is 116 Å². The first kappa shape index (κ1) is 46.0. The highest BCUT2D eigenvalue weighted by molar-refractivity contribution is 6.12. The minimum Gasteiger partial charge on any atom is -0.456 e. The van der Waals surface area contributed by atoms with Crippen LogP contribution in [-0.2, 0) is 6.42 Å². The summed E-state index contributed by atoms with van der Waals surface area (Å²) in [4.78, 5) is 0. The molecule has 1 fully saturated rings. The van der Waals surface area contributed by atoms with Gasteiger partial charge in [-0.05, 0) is 188 Å². The molecule has 12 aromatic rings. The fraction of sp³-hybridized carbons (Fsp3) is 0.114. The third kappa shape index (κ3) is 8.33. The highest BCUT2D eigenvalue weighted by Gasteiger charge is 2.24. The molecule has 10 aromatic carbocycles. The Bertz CT molecular complexity index is 3970. The zero-order chi connectivity index (χ0) is 48.0. The average Bonchev–Trinajstić information content (AvgIpc) is 4.03. The average molecular weight is 930 g/mol. The number of nitrogens with zero attached hydrogens (tertiary/aromatic N) is 1. The van der Waals surface area contributed by atoms with Crippen LogP contribution in [0, 0.1) is 0 Å². The van der Waals surface area contributed by atoms with Crippen molar-refractivity contribution in [3.8, 4) is 72.4 Å². The second-order valence-electron chi connectivity index (χ2n) is 18.8. The number of fused-ring (bicyclic) bond motifs is 9. The highest BCUT2D eigenvalue weighted by atomic mass is 16.3. The van der Waals surface area contributed by atoms with E-state index in [9.17, 15) is 0 Å². The molecule has 2 nitrogen and oxygen atoms in total. The lowest BCUT2D eigenvalue weighted by molar-refractivity contribution is 0.669. The zero-order valence-electron chi connectivity index (χ0n) is 40.6. The van der Waals surface area contributed by atoms with Crippen molar-refractivity contribution in [1.29, 1.82) is 0 Å². The number of hydrogen-bond acceptors (Lipinski definition) is 1.